The average molecular weight is 229 g/mol. The molecule has 2 nitrogen and oxygen atoms in total. The fourth-order valence-corrected chi connectivity index (χ4v) is 2.28. The lowest BCUT2D eigenvalue weighted by molar-refractivity contribution is -0.150. The fraction of sp³-hybridized carbons (Fsp3) is 0.750. The van der Waals surface area contributed by atoms with Crippen LogP contribution in [0.4, 0.5) is 8.78 Å². The van der Waals surface area contributed by atoms with Crippen LogP contribution < -0.4 is 5.32 Å². The van der Waals surface area contributed by atoms with Crippen LogP contribution in [0.3, 0.4) is 0 Å². The highest BCUT2D eigenvalue weighted by Gasteiger charge is 2.48. The van der Waals surface area contributed by atoms with Gasteiger partial charge in [0.2, 0.25) is 11.8 Å². The zero-order valence-corrected chi connectivity index (χ0v) is 9.22. The molecular formula is C12H17F2NO. The lowest BCUT2D eigenvalue weighted by Crippen LogP contribution is -2.46. The van der Waals surface area contributed by atoms with E-state index in [1.165, 1.54) is 0 Å². The molecule has 2 rings (SSSR count). The van der Waals surface area contributed by atoms with Gasteiger partial charge in [0.1, 0.15) is 0 Å². The molecule has 90 valence electrons. The molecule has 1 atom stereocenters. The van der Waals surface area contributed by atoms with Gasteiger partial charge in [0.15, 0.2) is 0 Å². The normalized spacial score (nSPS) is 28.5. The van der Waals surface area contributed by atoms with Crippen molar-refractivity contribution >= 4 is 5.91 Å². The highest BCUT2D eigenvalue weighted by atomic mass is 19.3. The van der Waals surface area contributed by atoms with Crippen molar-refractivity contribution in [3.63, 3.8) is 0 Å². The van der Waals surface area contributed by atoms with Crippen LogP contribution in [-0.4, -0.2) is 18.4 Å². The lowest BCUT2D eigenvalue weighted by Gasteiger charge is -2.34. The summed E-state index contributed by atoms with van der Waals surface area (Å²) in [5, 5.41) is 2.79. The summed E-state index contributed by atoms with van der Waals surface area (Å²) in [5.74, 6) is -2.78. The molecule has 1 unspecified atom stereocenters. The first kappa shape index (κ1) is 11.6. The van der Waals surface area contributed by atoms with Crippen molar-refractivity contribution in [1.29, 1.82) is 0 Å². The molecule has 1 amide bonds. The van der Waals surface area contributed by atoms with Crippen LogP contribution >= 0.6 is 0 Å². The third-order valence-corrected chi connectivity index (χ3v) is 3.40. The quantitative estimate of drug-likeness (QED) is 0.740. The predicted octanol–water partition coefficient (Wildman–Crippen LogP) is 2.50. The number of amides is 1. The monoisotopic (exact) mass is 229 g/mol. The Labute approximate surface area is 94.1 Å². The number of hydrogen-bond acceptors (Lipinski definition) is 1. The van der Waals surface area contributed by atoms with Gasteiger partial charge in [0, 0.05) is 25.3 Å². The summed E-state index contributed by atoms with van der Waals surface area (Å²) in [6, 6.07) is 0. The van der Waals surface area contributed by atoms with Gasteiger partial charge >= 0.3 is 0 Å². The molecular weight excluding hydrogens is 212 g/mol. The van der Waals surface area contributed by atoms with Crippen LogP contribution in [0.1, 0.15) is 32.1 Å². The zero-order chi connectivity index (χ0) is 11.6. The smallest absolute Gasteiger partial charge is 0.249 e. The van der Waals surface area contributed by atoms with Crippen molar-refractivity contribution in [2.24, 2.45) is 11.8 Å². The summed E-state index contributed by atoms with van der Waals surface area (Å²) in [5.41, 5.74) is 0. The maximum Gasteiger partial charge on any atom is 0.249 e. The van der Waals surface area contributed by atoms with E-state index in [-0.39, 0.29) is 18.7 Å². The number of carbonyl (C=O) groups is 1. The van der Waals surface area contributed by atoms with Crippen LogP contribution in [0.15, 0.2) is 12.2 Å². The van der Waals surface area contributed by atoms with E-state index in [0.29, 0.717) is 12.5 Å². The molecule has 1 saturated carbocycles. The SMILES string of the molecule is O=C(NCC1CC=CCC1)C1CC(F)(F)C1. The Bertz CT molecular complexity index is 293. The van der Waals surface area contributed by atoms with Crippen LogP contribution in [-0.2, 0) is 4.79 Å². The second-order valence-corrected chi connectivity index (χ2v) is 4.86. The molecule has 0 bridgehead atoms. The van der Waals surface area contributed by atoms with E-state index >= 15 is 0 Å². The molecule has 2 aliphatic carbocycles. The van der Waals surface area contributed by atoms with Crippen molar-refractivity contribution in [1.82, 2.24) is 5.32 Å². The van der Waals surface area contributed by atoms with E-state index in [0.717, 1.165) is 19.3 Å². The van der Waals surface area contributed by atoms with Gasteiger partial charge in [0.05, 0.1) is 0 Å². The number of hydrogen-bond donors (Lipinski definition) is 1. The van der Waals surface area contributed by atoms with Crippen molar-refractivity contribution in [3.8, 4) is 0 Å². The highest BCUT2D eigenvalue weighted by Crippen LogP contribution is 2.42. The summed E-state index contributed by atoms with van der Waals surface area (Å²) in [6.45, 7) is 0.630. The molecule has 0 aromatic rings. The van der Waals surface area contributed by atoms with Crippen LogP contribution in [0, 0.1) is 11.8 Å². The van der Waals surface area contributed by atoms with E-state index in [4.69, 9.17) is 0 Å². The van der Waals surface area contributed by atoms with Gasteiger partial charge in [0.25, 0.3) is 0 Å². The summed E-state index contributed by atoms with van der Waals surface area (Å²) in [7, 11) is 0. The van der Waals surface area contributed by atoms with Crippen LogP contribution in [0.5, 0.6) is 0 Å². The largest absolute Gasteiger partial charge is 0.356 e. The van der Waals surface area contributed by atoms with Crippen LogP contribution in [0.2, 0.25) is 0 Å². The Morgan fingerprint density at radius 1 is 1.38 bits per heavy atom. The lowest BCUT2D eigenvalue weighted by atomic mass is 9.80. The first-order chi connectivity index (χ1) is 7.57. The molecule has 0 heterocycles. The number of carbonyl (C=O) groups excluding carboxylic acids is 1. The van der Waals surface area contributed by atoms with Gasteiger partial charge in [-0.05, 0) is 25.2 Å². The number of alkyl halides is 2. The molecule has 0 aromatic carbocycles. The summed E-state index contributed by atoms with van der Waals surface area (Å²) >= 11 is 0. The minimum absolute atomic E-state index is 0.194. The molecule has 1 fully saturated rings. The van der Waals surface area contributed by atoms with E-state index in [2.05, 4.69) is 17.5 Å². The predicted molar refractivity (Wildman–Crippen MR) is 57.2 cm³/mol. The molecule has 0 aliphatic heterocycles. The first-order valence-electron chi connectivity index (χ1n) is 5.87. The third-order valence-electron chi connectivity index (χ3n) is 3.40. The Morgan fingerprint density at radius 2 is 2.12 bits per heavy atom. The van der Waals surface area contributed by atoms with Gasteiger partial charge in [-0.25, -0.2) is 8.78 Å². The van der Waals surface area contributed by atoms with Gasteiger partial charge in [-0.3, -0.25) is 4.79 Å². The second-order valence-electron chi connectivity index (χ2n) is 4.86. The molecule has 2 aliphatic rings. The van der Waals surface area contributed by atoms with Gasteiger partial charge in [-0.1, -0.05) is 12.2 Å². The number of halogens is 2. The van der Waals surface area contributed by atoms with Gasteiger partial charge < -0.3 is 5.32 Å². The van der Waals surface area contributed by atoms with Gasteiger partial charge in [-0.15, -0.1) is 0 Å². The maximum absolute atomic E-state index is 12.6. The molecule has 1 N–H and O–H groups in total. The first-order valence-corrected chi connectivity index (χ1v) is 5.87. The summed E-state index contributed by atoms with van der Waals surface area (Å²) < 4.78 is 25.1. The number of rotatable bonds is 3. The fourth-order valence-electron chi connectivity index (χ4n) is 2.28. The minimum atomic E-state index is -2.60. The Kier molecular flexibility index (Phi) is 3.26. The molecule has 0 aromatic heterocycles. The van der Waals surface area contributed by atoms with E-state index < -0.39 is 11.8 Å². The van der Waals surface area contributed by atoms with E-state index in [1.807, 2.05) is 0 Å². The topological polar surface area (TPSA) is 29.1 Å². The standard InChI is InChI=1S/C12H17F2NO/c13-12(14)6-10(7-12)11(16)15-8-9-4-2-1-3-5-9/h1-2,9-10H,3-8H2,(H,15,16). The third kappa shape index (κ3) is 2.80. The summed E-state index contributed by atoms with van der Waals surface area (Å²) in [4.78, 5) is 11.5. The highest BCUT2D eigenvalue weighted by molar-refractivity contribution is 5.79. The Balaban J connectivity index is 1.66. The Hall–Kier alpha value is -0.930. The average Bonchev–Trinajstić information content (AvgIpc) is 2.24. The minimum Gasteiger partial charge on any atom is -0.356 e. The van der Waals surface area contributed by atoms with Gasteiger partial charge in [-0.2, -0.15) is 0 Å². The second kappa shape index (κ2) is 4.52. The summed E-state index contributed by atoms with van der Waals surface area (Å²) in [6.07, 6.45) is 6.84. The van der Waals surface area contributed by atoms with E-state index in [1.54, 1.807) is 0 Å². The zero-order valence-electron chi connectivity index (χ0n) is 9.22. The number of allylic oxidation sites excluding steroid dienone is 2. The number of nitrogens with one attached hydrogen (secondary N) is 1. The van der Waals surface area contributed by atoms with Crippen molar-refractivity contribution in [3.05, 3.63) is 12.2 Å². The van der Waals surface area contributed by atoms with E-state index in [9.17, 15) is 13.6 Å². The van der Waals surface area contributed by atoms with Crippen molar-refractivity contribution < 1.29 is 13.6 Å². The van der Waals surface area contributed by atoms with Crippen molar-refractivity contribution in [2.45, 2.75) is 38.0 Å². The molecule has 4 heteroatoms. The van der Waals surface area contributed by atoms with Crippen LogP contribution in [0.25, 0.3) is 0 Å². The molecule has 16 heavy (non-hydrogen) atoms. The molecule has 0 spiro atoms. The Morgan fingerprint density at radius 3 is 2.69 bits per heavy atom. The molecule has 0 saturated heterocycles. The molecule has 0 radical (unpaired) electrons. The maximum atomic E-state index is 12.6. The van der Waals surface area contributed by atoms with Crippen molar-refractivity contribution in [2.75, 3.05) is 6.54 Å².